The van der Waals surface area contributed by atoms with E-state index in [1.165, 1.54) is 12.1 Å². The van der Waals surface area contributed by atoms with Crippen LogP contribution in [0.1, 0.15) is 10.4 Å². The molecule has 0 unspecified atom stereocenters. The van der Waals surface area contributed by atoms with Gasteiger partial charge in [0.1, 0.15) is 5.82 Å². The van der Waals surface area contributed by atoms with Crippen molar-refractivity contribution in [1.29, 1.82) is 0 Å². The molecule has 0 bridgehead atoms. The summed E-state index contributed by atoms with van der Waals surface area (Å²) in [5.41, 5.74) is 1.28. The van der Waals surface area contributed by atoms with Gasteiger partial charge in [-0.15, -0.1) is 0 Å². The molecule has 1 aromatic heterocycles. The highest BCUT2D eigenvalue weighted by Gasteiger charge is 2.08. The zero-order valence-electron chi connectivity index (χ0n) is 8.15. The van der Waals surface area contributed by atoms with Crippen LogP contribution < -0.4 is 0 Å². The van der Waals surface area contributed by atoms with Crippen molar-refractivity contribution in [3.63, 3.8) is 0 Å². The minimum Gasteiger partial charge on any atom is -0.276 e. The van der Waals surface area contributed by atoms with E-state index in [1.807, 2.05) is 0 Å². The fourth-order valence-corrected chi connectivity index (χ4v) is 1.52. The highest BCUT2D eigenvalue weighted by Crippen LogP contribution is 2.23. The molecule has 0 aliphatic heterocycles. The molecular weight excluding hydrogens is 229 g/mol. The van der Waals surface area contributed by atoms with Crippen LogP contribution in [0.3, 0.4) is 0 Å². The molecule has 0 aliphatic rings. The van der Waals surface area contributed by atoms with E-state index in [0.29, 0.717) is 11.1 Å². The van der Waals surface area contributed by atoms with Crippen LogP contribution in [0.2, 0.25) is 0 Å². The number of hydrogen-bond acceptors (Lipinski definition) is 2. The molecule has 0 N–H and O–H groups in total. The summed E-state index contributed by atoms with van der Waals surface area (Å²) in [6.45, 7) is 0. The van der Waals surface area contributed by atoms with Crippen LogP contribution in [0.25, 0.3) is 11.1 Å². The Bertz CT molecular complexity index is 528. The van der Waals surface area contributed by atoms with Gasteiger partial charge < -0.3 is 0 Å². The van der Waals surface area contributed by atoms with Crippen molar-refractivity contribution in [1.82, 2.24) is 4.98 Å². The summed E-state index contributed by atoms with van der Waals surface area (Å²) in [6.07, 6.45) is 3.16. The van der Waals surface area contributed by atoms with Gasteiger partial charge in [0.05, 0.1) is 0 Å². The van der Waals surface area contributed by atoms with Gasteiger partial charge in [-0.1, -0.05) is 6.07 Å². The summed E-state index contributed by atoms with van der Waals surface area (Å²) in [5.74, 6) is -0.474. The highest BCUT2D eigenvalue weighted by molar-refractivity contribution is 6.67. The van der Waals surface area contributed by atoms with Crippen LogP contribution in [0.4, 0.5) is 4.39 Å². The van der Waals surface area contributed by atoms with E-state index < -0.39 is 11.1 Å². The zero-order valence-corrected chi connectivity index (χ0v) is 8.91. The van der Waals surface area contributed by atoms with Gasteiger partial charge in [-0.3, -0.25) is 9.78 Å². The van der Waals surface area contributed by atoms with Crippen molar-refractivity contribution < 1.29 is 9.18 Å². The molecule has 0 aliphatic carbocycles. The van der Waals surface area contributed by atoms with Gasteiger partial charge >= 0.3 is 0 Å². The summed E-state index contributed by atoms with van der Waals surface area (Å²) < 4.78 is 13.7. The Balaban J connectivity index is 2.48. The molecule has 0 fully saturated rings. The Kier molecular flexibility index (Phi) is 2.97. The first-order chi connectivity index (χ1) is 7.68. The first kappa shape index (κ1) is 10.8. The van der Waals surface area contributed by atoms with Crippen LogP contribution in [-0.2, 0) is 0 Å². The summed E-state index contributed by atoms with van der Waals surface area (Å²) in [5, 5.41) is -0.667. The molecule has 0 atom stereocenters. The normalized spacial score (nSPS) is 10.1. The summed E-state index contributed by atoms with van der Waals surface area (Å²) >= 11 is 5.26. The lowest BCUT2D eigenvalue weighted by atomic mass is 10.0. The quantitative estimate of drug-likeness (QED) is 0.748. The Hall–Kier alpha value is -1.74. The largest absolute Gasteiger partial charge is 0.276 e. The molecule has 0 saturated heterocycles. The van der Waals surface area contributed by atoms with E-state index in [4.69, 9.17) is 11.6 Å². The highest BCUT2D eigenvalue weighted by atomic mass is 35.5. The molecule has 0 spiro atoms. The maximum atomic E-state index is 13.7. The predicted octanol–water partition coefficient (Wildman–Crippen LogP) is 3.27. The maximum Gasteiger partial charge on any atom is 0.252 e. The molecule has 1 aromatic carbocycles. The van der Waals surface area contributed by atoms with Gasteiger partial charge in [0.2, 0.25) is 0 Å². The van der Waals surface area contributed by atoms with Crippen molar-refractivity contribution >= 4 is 16.8 Å². The smallest absolute Gasteiger partial charge is 0.252 e. The minimum atomic E-state index is -0.667. The molecule has 4 heteroatoms. The molecule has 2 nitrogen and oxygen atoms in total. The lowest BCUT2D eigenvalue weighted by Crippen LogP contribution is -1.92. The van der Waals surface area contributed by atoms with E-state index in [0.717, 1.165) is 6.07 Å². The van der Waals surface area contributed by atoms with Gasteiger partial charge in [-0.25, -0.2) is 4.39 Å². The van der Waals surface area contributed by atoms with E-state index in [9.17, 15) is 9.18 Å². The average molecular weight is 236 g/mol. The van der Waals surface area contributed by atoms with E-state index in [-0.39, 0.29) is 5.56 Å². The van der Waals surface area contributed by atoms with Gasteiger partial charge in [-0.05, 0) is 41.4 Å². The van der Waals surface area contributed by atoms with Crippen LogP contribution in [0, 0.1) is 5.82 Å². The zero-order chi connectivity index (χ0) is 11.5. The number of hydrogen-bond donors (Lipinski definition) is 0. The van der Waals surface area contributed by atoms with Crippen molar-refractivity contribution in [2.75, 3.05) is 0 Å². The van der Waals surface area contributed by atoms with E-state index in [1.54, 1.807) is 24.5 Å². The third-order valence-corrected chi connectivity index (χ3v) is 2.41. The fourth-order valence-electron chi connectivity index (χ4n) is 1.40. The second-order valence-electron chi connectivity index (χ2n) is 3.20. The number of halogens is 2. The standard InChI is InChI=1S/C12H7ClFNO/c13-12(16)9-1-2-10(11(14)7-9)8-3-5-15-6-4-8/h1-7H. The summed E-state index contributed by atoms with van der Waals surface area (Å²) in [7, 11) is 0. The number of carbonyl (C=O) groups is 1. The predicted molar refractivity (Wildman–Crippen MR) is 59.8 cm³/mol. The number of aromatic nitrogens is 1. The lowest BCUT2D eigenvalue weighted by Gasteiger charge is -2.03. The SMILES string of the molecule is O=C(Cl)c1ccc(-c2ccncc2)c(F)c1. The van der Waals surface area contributed by atoms with E-state index in [2.05, 4.69) is 4.98 Å². The Morgan fingerprint density at radius 3 is 2.44 bits per heavy atom. The van der Waals surface area contributed by atoms with Crippen molar-refractivity contribution in [3.05, 3.63) is 54.1 Å². The summed E-state index contributed by atoms with van der Waals surface area (Å²) in [4.78, 5) is 14.7. The fraction of sp³-hybridized carbons (Fsp3) is 0. The molecule has 16 heavy (non-hydrogen) atoms. The Labute approximate surface area is 96.7 Å². The van der Waals surface area contributed by atoms with Crippen LogP contribution in [0.15, 0.2) is 42.7 Å². The molecule has 2 aromatic rings. The molecule has 1 heterocycles. The monoisotopic (exact) mass is 235 g/mol. The first-order valence-electron chi connectivity index (χ1n) is 4.58. The second kappa shape index (κ2) is 4.41. The molecule has 2 rings (SSSR count). The van der Waals surface area contributed by atoms with Gasteiger partial charge in [0, 0.05) is 23.5 Å². The van der Waals surface area contributed by atoms with Crippen molar-refractivity contribution in [2.24, 2.45) is 0 Å². The number of pyridine rings is 1. The molecule has 0 amide bonds. The third-order valence-electron chi connectivity index (χ3n) is 2.19. The first-order valence-corrected chi connectivity index (χ1v) is 4.96. The summed E-state index contributed by atoms with van der Waals surface area (Å²) in [6, 6.07) is 7.54. The number of nitrogens with zero attached hydrogens (tertiary/aromatic N) is 1. The number of carbonyl (C=O) groups excluding carboxylic acids is 1. The van der Waals surface area contributed by atoms with Crippen molar-refractivity contribution in [3.8, 4) is 11.1 Å². The van der Waals surface area contributed by atoms with Crippen LogP contribution in [0.5, 0.6) is 0 Å². The van der Waals surface area contributed by atoms with Crippen molar-refractivity contribution in [2.45, 2.75) is 0 Å². The lowest BCUT2D eigenvalue weighted by molar-refractivity contribution is 0.108. The second-order valence-corrected chi connectivity index (χ2v) is 3.55. The molecule has 80 valence electrons. The Morgan fingerprint density at radius 1 is 1.19 bits per heavy atom. The van der Waals surface area contributed by atoms with Crippen LogP contribution in [-0.4, -0.2) is 10.2 Å². The Morgan fingerprint density at radius 2 is 1.88 bits per heavy atom. The average Bonchev–Trinajstić information content (AvgIpc) is 2.30. The molecule has 0 saturated carbocycles. The van der Waals surface area contributed by atoms with Gasteiger partial charge in [-0.2, -0.15) is 0 Å². The van der Waals surface area contributed by atoms with Crippen LogP contribution >= 0.6 is 11.6 Å². The molecule has 0 radical (unpaired) electrons. The maximum absolute atomic E-state index is 13.7. The topological polar surface area (TPSA) is 30.0 Å². The van der Waals surface area contributed by atoms with Gasteiger partial charge in [0.25, 0.3) is 5.24 Å². The number of benzene rings is 1. The van der Waals surface area contributed by atoms with E-state index >= 15 is 0 Å². The molecular formula is C12H7ClFNO. The van der Waals surface area contributed by atoms with Gasteiger partial charge in [0.15, 0.2) is 0 Å². The minimum absolute atomic E-state index is 0.150. The third kappa shape index (κ3) is 2.09. The number of rotatable bonds is 2.